The van der Waals surface area contributed by atoms with Crippen molar-refractivity contribution in [3.63, 3.8) is 0 Å². The third-order valence-electron chi connectivity index (χ3n) is 6.94. The minimum Gasteiger partial charge on any atom is -0.339 e. The molecular weight excluding hydrogens is 394 g/mol. The molecule has 0 spiro atoms. The summed E-state index contributed by atoms with van der Waals surface area (Å²) in [5.41, 5.74) is 3.88. The molecule has 2 heterocycles. The molecule has 5 rings (SSSR count). The lowest BCUT2D eigenvalue weighted by atomic mass is 9.91. The summed E-state index contributed by atoms with van der Waals surface area (Å²) < 4.78 is 0. The highest BCUT2D eigenvalue weighted by atomic mass is 16.2. The summed E-state index contributed by atoms with van der Waals surface area (Å²) in [6, 6.07) is 32.0. The van der Waals surface area contributed by atoms with Gasteiger partial charge in [-0.1, -0.05) is 91.0 Å². The summed E-state index contributed by atoms with van der Waals surface area (Å²) in [5, 5.41) is 3.48. The molecule has 3 aromatic carbocycles. The first-order chi connectivity index (χ1) is 15.8. The van der Waals surface area contributed by atoms with Crippen molar-refractivity contribution in [3.05, 3.63) is 108 Å². The van der Waals surface area contributed by atoms with Gasteiger partial charge in [-0.05, 0) is 29.7 Å². The molecule has 2 saturated heterocycles. The monoisotopic (exact) mass is 425 g/mol. The fraction of sp³-hybridized carbons (Fsp3) is 0.321. The molecule has 4 nitrogen and oxygen atoms in total. The second-order valence-corrected chi connectivity index (χ2v) is 8.82. The second kappa shape index (κ2) is 9.68. The average Bonchev–Trinajstić information content (AvgIpc) is 3.36. The van der Waals surface area contributed by atoms with Crippen LogP contribution in [0.15, 0.2) is 91.0 Å². The number of nitrogens with one attached hydrogen (secondary N) is 1. The quantitative estimate of drug-likeness (QED) is 0.670. The number of hydrogen-bond acceptors (Lipinski definition) is 3. The highest BCUT2D eigenvalue weighted by Gasteiger charge is 2.37. The fourth-order valence-corrected chi connectivity index (χ4v) is 5.30. The van der Waals surface area contributed by atoms with Crippen LogP contribution in [0.2, 0.25) is 0 Å². The van der Waals surface area contributed by atoms with Gasteiger partial charge in [0.15, 0.2) is 0 Å². The van der Waals surface area contributed by atoms with E-state index in [9.17, 15) is 4.79 Å². The van der Waals surface area contributed by atoms with Crippen LogP contribution in [0, 0.1) is 0 Å². The Kier molecular flexibility index (Phi) is 6.33. The molecule has 2 unspecified atom stereocenters. The molecule has 1 N–H and O–H groups in total. The summed E-state index contributed by atoms with van der Waals surface area (Å²) in [5.74, 6) is 0.523. The van der Waals surface area contributed by atoms with E-state index in [1.807, 2.05) is 6.07 Å². The smallest absolute Gasteiger partial charge is 0.240 e. The first kappa shape index (κ1) is 20.9. The summed E-state index contributed by atoms with van der Waals surface area (Å²) in [4.78, 5) is 18.0. The van der Waals surface area contributed by atoms with Crippen molar-refractivity contribution in [2.75, 3.05) is 32.7 Å². The van der Waals surface area contributed by atoms with Gasteiger partial charge in [0.05, 0.1) is 12.1 Å². The molecular formula is C28H31N3O. The molecule has 0 aromatic heterocycles. The summed E-state index contributed by atoms with van der Waals surface area (Å²) in [7, 11) is 0. The Bertz CT molecular complexity index is 961. The molecule has 2 aliphatic rings. The van der Waals surface area contributed by atoms with Crippen molar-refractivity contribution in [1.82, 2.24) is 15.1 Å². The van der Waals surface area contributed by atoms with Crippen LogP contribution in [0.3, 0.4) is 0 Å². The molecule has 32 heavy (non-hydrogen) atoms. The van der Waals surface area contributed by atoms with Gasteiger partial charge in [-0.3, -0.25) is 9.69 Å². The van der Waals surface area contributed by atoms with Crippen LogP contribution in [0.1, 0.15) is 35.1 Å². The van der Waals surface area contributed by atoms with Gasteiger partial charge in [-0.2, -0.15) is 0 Å². The Balaban J connectivity index is 1.29. The van der Waals surface area contributed by atoms with E-state index in [2.05, 4.69) is 100 Å². The standard InChI is InChI=1S/C28H31N3O/c32-28(26-25(16-17-29-26)22-10-4-1-5-11-22)31-20-18-30(19-21-31)27(23-12-6-2-7-13-23)24-14-8-3-9-15-24/h1-15,25-27,29H,16-21H2. The summed E-state index contributed by atoms with van der Waals surface area (Å²) >= 11 is 0. The van der Waals surface area contributed by atoms with Crippen LogP contribution in [0.4, 0.5) is 0 Å². The van der Waals surface area contributed by atoms with E-state index in [1.165, 1.54) is 16.7 Å². The van der Waals surface area contributed by atoms with Gasteiger partial charge >= 0.3 is 0 Å². The average molecular weight is 426 g/mol. The maximum Gasteiger partial charge on any atom is 0.240 e. The molecule has 0 saturated carbocycles. The molecule has 164 valence electrons. The van der Waals surface area contributed by atoms with E-state index in [-0.39, 0.29) is 23.9 Å². The largest absolute Gasteiger partial charge is 0.339 e. The highest BCUT2D eigenvalue weighted by Crippen LogP contribution is 2.31. The van der Waals surface area contributed by atoms with Crippen LogP contribution < -0.4 is 5.32 Å². The number of nitrogens with zero attached hydrogens (tertiary/aromatic N) is 2. The van der Waals surface area contributed by atoms with Crippen molar-refractivity contribution in [3.8, 4) is 0 Å². The van der Waals surface area contributed by atoms with Gasteiger partial charge in [-0.15, -0.1) is 0 Å². The van der Waals surface area contributed by atoms with Crippen molar-refractivity contribution < 1.29 is 4.79 Å². The summed E-state index contributed by atoms with van der Waals surface area (Å²) in [6.45, 7) is 4.20. The van der Waals surface area contributed by atoms with Gasteiger partial charge in [0.2, 0.25) is 5.91 Å². The van der Waals surface area contributed by atoms with E-state index >= 15 is 0 Å². The third-order valence-corrected chi connectivity index (χ3v) is 6.94. The SMILES string of the molecule is O=C(C1NCCC1c1ccccc1)N1CCN(C(c2ccccc2)c2ccccc2)CC1. The van der Waals surface area contributed by atoms with E-state index < -0.39 is 0 Å². The van der Waals surface area contributed by atoms with Crippen LogP contribution in [0.5, 0.6) is 0 Å². The van der Waals surface area contributed by atoms with Crippen LogP contribution in [-0.2, 0) is 4.79 Å². The molecule has 0 radical (unpaired) electrons. The van der Waals surface area contributed by atoms with E-state index in [1.54, 1.807) is 0 Å². The Hall–Kier alpha value is -2.95. The Morgan fingerprint density at radius 3 is 1.84 bits per heavy atom. The first-order valence-corrected chi connectivity index (χ1v) is 11.7. The van der Waals surface area contributed by atoms with Crippen molar-refractivity contribution >= 4 is 5.91 Å². The number of amides is 1. The third kappa shape index (κ3) is 4.34. The maximum atomic E-state index is 13.4. The first-order valence-electron chi connectivity index (χ1n) is 11.7. The minimum absolute atomic E-state index is 0.108. The highest BCUT2D eigenvalue weighted by molar-refractivity contribution is 5.83. The molecule has 1 amide bonds. The minimum atomic E-state index is -0.108. The maximum absolute atomic E-state index is 13.4. The predicted molar refractivity (Wildman–Crippen MR) is 128 cm³/mol. The zero-order chi connectivity index (χ0) is 21.8. The van der Waals surface area contributed by atoms with Crippen LogP contribution in [0.25, 0.3) is 0 Å². The fourth-order valence-electron chi connectivity index (χ4n) is 5.30. The molecule has 2 fully saturated rings. The molecule has 3 aromatic rings. The molecule has 2 atom stereocenters. The zero-order valence-corrected chi connectivity index (χ0v) is 18.4. The van der Waals surface area contributed by atoms with Gasteiger partial charge < -0.3 is 10.2 Å². The predicted octanol–water partition coefficient (Wildman–Crippen LogP) is 4.07. The summed E-state index contributed by atoms with van der Waals surface area (Å²) in [6.07, 6.45) is 1.02. The van der Waals surface area contributed by atoms with Crippen molar-refractivity contribution in [2.24, 2.45) is 0 Å². The number of carbonyl (C=O) groups excluding carboxylic acids is 1. The number of rotatable bonds is 5. The lowest BCUT2D eigenvalue weighted by molar-refractivity contribution is -0.135. The lowest BCUT2D eigenvalue weighted by Gasteiger charge is -2.41. The van der Waals surface area contributed by atoms with Crippen LogP contribution in [-0.4, -0.2) is 54.5 Å². The topological polar surface area (TPSA) is 35.6 Å². The van der Waals surface area contributed by atoms with Gasteiger partial charge in [0, 0.05) is 32.1 Å². The molecule has 4 heteroatoms. The van der Waals surface area contributed by atoms with Crippen molar-refractivity contribution in [1.29, 1.82) is 0 Å². The Morgan fingerprint density at radius 1 is 0.750 bits per heavy atom. The zero-order valence-electron chi connectivity index (χ0n) is 18.4. The Labute approximate surface area is 190 Å². The Morgan fingerprint density at radius 2 is 1.28 bits per heavy atom. The molecule has 0 bridgehead atoms. The number of benzene rings is 3. The van der Waals surface area contributed by atoms with E-state index in [0.29, 0.717) is 0 Å². The van der Waals surface area contributed by atoms with Crippen molar-refractivity contribution in [2.45, 2.75) is 24.4 Å². The molecule has 0 aliphatic carbocycles. The second-order valence-electron chi connectivity index (χ2n) is 8.82. The number of hydrogen-bond donors (Lipinski definition) is 1. The van der Waals surface area contributed by atoms with Crippen LogP contribution >= 0.6 is 0 Å². The molecule has 2 aliphatic heterocycles. The van der Waals surface area contributed by atoms with Gasteiger partial charge in [0.1, 0.15) is 0 Å². The normalized spacial score (nSPS) is 21.7. The lowest BCUT2D eigenvalue weighted by Crippen LogP contribution is -2.54. The van der Waals surface area contributed by atoms with E-state index in [0.717, 1.165) is 39.1 Å². The van der Waals surface area contributed by atoms with Gasteiger partial charge in [-0.25, -0.2) is 0 Å². The van der Waals surface area contributed by atoms with Gasteiger partial charge in [0.25, 0.3) is 0 Å². The van der Waals surface area contributed by atoms with E-state index in [4.69, 9.17) is 0 Å². The number of carbonyl (C=O) groups is 1. The number of piperazine rings is 1.